The van der Waals surface area contributed by atoms with Gasteiger partial charge in [0, 0.05) is 11.3 Å². The lowest BCUT2D eigenvalue weighted by Gasteiger charge is -2.06. The second kappa shape index (κ2) is 5.70. The van der Waals surface area contributed by atoms with E-state index in [9.17, 15) is 13.2 Å². The molecular weight excluding hydrogens is 282 g/mol. The molecule has 3 N–H and O–H groups in total. The summed E-state index contributed by atoms with van der Waals surface area (Å²) in [7, 11) is -3.32. The first-order valence-electron chi connectivity index (χ1n) is 5.64. The number of hydrogen-bond donors (Lipinski definition) is 3. The highest BCUT2D eigenvalue weighted by Crippen LogP contribution is 2.10. The molecule has 0 spiro atoms. The van der Waals surface area contributed by atoms with Gasteiger partial charge in [0.05, 0.1) is 12.8 Å². The minimum atomic E-state index is -3.32. The van der Waals surface area contributed by atoms with E-state index in [2.05, 4.69) is 25.2 Å². The van der Waals surface area contributed by atoms with Crippen LogP contribution in [0.4, 0.5) is 5.69 Å². The van der Waals surface area contributed by atoms with Crippen molar-refractivity contribution >= 4 is 21.6 Å². The molecule has 0 unspecified atom stereocenters. The maximum absolute atomic E-state index is 11.8. The fourth-order valence-electron chi connectivity index (χ4n) is 1.49. The molecule has 1 amide bonds. The van der Waals surface area contributed by atoms with Gasteiger partial charge in [0.1, 0.15) is 12.2 Å². The van der Waals surface area contributed by atoms with Crippen LogP contribution in [0.15, 0.2) is 30.6 Å². The smallest absolute Gasteiger partial charge is 0.251 e. The van der Waals surface area contributed by atoms with E-state index in [1.807, 2.05) is 0 Å². The van der Waals surface area contributed by atoms with Crippen molar-refractivity contribution < 1.29 is 13.2 Å². The average Bonchev–Trinajstić information content (AvgIpc) is 2.88. The molecule has 8 nitrogen and oxygen atoms in total. The summed E-state index contributed by atoms with van der Waals surface area (Å²) in [5, 5.41) is 8.95. The molecule has 0 aliphatic carbocycles. The summed E-state index contributed by atoms with van der Waals surface area (Å²) in [6.45, 7) is 0.238. The number of H-pyrrole nitrogens is 1. The number of rotatable bonds is 5. The minimum Gasteiger partial charge on any atom is -0.345 e. The van der Waals surface area contributed by atoms with Crippen molar-refractivity contribution in [1.82, 2.24) is 20.5 Å². The number of sulfonamides is 1. The van der Waals surface area contributed by atoms with Crippen molar-refractivity contribution in [3.05, 3.63) is 42.0 Å². The number of aromatic nitrogens is 3. The van der Waals surface area contributed by atoms with Crippen molar-refractivity contribution in [3.8, 4) is 0 Å². The second-order valence-electron chi connectivity index (χ2n) is 4.07. The first-order valence-corrected chi connectivity index (χ1v) is 7.53. The van der Waals surface area contributed by atoms with Gasteiger partial charge < -0.3 is 5.32 Å². The maximum atomic E-state index is 11.8. The lowest BCUT2D eigenvalue weighted by atomic mass is 10.2. The molecule has 0 aliphatic heterocycles. The van der Waals surface area contributed by atoms with Gasteiger partial charge in [0.15, 0.2) is 0 Å². The Labute approximate surface area is 115 Å². The topological polar surface area (TPSA) is 117 Å². The van der Waals surface area contributed by atoms with E-state index in [-0.39, 0.29) is 12.5 Å². The number of carbonyl (C=O) groups excluding carboxylic acids is 1. The minimum absolute atomic E-state index is 0.238. The number of nitrogens with zero attached hydrogens (tertiary/aromatic N) is 2. The number of nitrogens with one attached hydrogen (secondary N) is 3. The quantitative estimate of drug-likeness (QED) is 0.723. The molecule has 0 radical (unpaired) electrons. The second-order valence-corrected chi connectivity index (χ2v) is 5.81. The zero-order valence-electron chi connectivity index (χ0n) is 10.6. The lowest BCUT2D eigenvalue weighted by Crippen LogP contribution is -2.23. The highest BCUT2D eigenvalue weighted by atomic mass is 32.2. The third-order valence-corrected chi connectivity index (χ3v) is 2.94. The van der Waals surface area contributed by atoms with Gasteiger partial charge in [-0.2, -0.15) is 5.10 Å². The molecule has 9 heteroatoms. The molecule has 0 bridgehead atoms. The normalized spacial score (nSPS) is 11.1. The molecular formula is C11H13N5O3S. The fraction of sp³-hybridized carbons (Fsp3) is 0.182. The van der Waals surface area contributed by atoms with Crippen LogP contribution < -0.4 is 10.0 Å². The standard InChI is InChI=1S/C11H13N5O3S/c1-20(18,19)16-9-4-2-8(3-5-9)11(17)12-6-10-13-7-14-15-10/h2-5,7,16H,6H2,1H3,(H,12,17)(H,13,14,15). The Morgan fingerprint density at radius 3 is 2.55 bits per heavy atom. The van der Waals surface area contributed by atoms with Crippen LogP contribution in [0.25, 0.3) is 0 Å². The van der Waals surface area contributed by atoms with Crippen LogP contribution in [0.5, 0.6) is 0 Å². The Bertz CT molecular complexity index is 679. The number of amides is 1. The van der Waals surface area contributed by atoms with E-state index in [0.29, 0.717) is 17.1 Å². The van der Waals surface area contributed by atoms with Gasteiger partial charge >= 0.3 is 0 Å². The zero-order chi connectivity index (χ0) is 14.6. The zero-order valence-corrected chi connectivity index (χ0v) is 11.4. The summed E-state index contributed by atoms with van der Waals surface area (Å²) in [6, 6.07) is 6.10. The summed E-state index contributed by atoms with van der Waals surface area (Å²) in [6.07, 6.45) is 2.41. The molecule has 2 rings (SSSR count). The summed E-state index contributed by atoms with van der Waals surface area (Å²) < 4.78 is 24.4. The molecule has 1 aromatic heterocycles. The van der Waals surface area contributed by atoms with Gasteiger partial charge in [-0.25, -0.2) is 13.4 Å². The highest BCUT2D eigenvalue weighted by Gasteiger charge is 2.07. The Morgan fingerprint density at radius 2 is 2.00 bits per heavy atom. The Hall–Kier alpha value is -2.42. The lowest BCUT2D eigenvalue weighted by molar-refractivity contribution is 0.0950. The summed E-state index contributed by atoms with van der Waals surface area (Å²) in [4.78, 5) is 15.7. The monoisotopic (exact) mass is 295 g/mol. The molecule has 0 fully saturated rings. The van der Waals surface area contributed by atoms with Gasteiger partial charge in [0.25, 0.3) is 5.91 Å². The Balaban J connectivity index is 1.97. The third-order valence-electron chi connectivity index (χ3n) is 2.33. The molecule has 1 aromatic carbocycles. The van der Waals surface area contributed by atoms with E-state index in [4.69, 9.17) is 0 Å². The van der Waals surface area contributed by atoms with Gasteiger partial charge in [-0.05, 0) is 24.3 Å². The first-order chi connectivity index (χ1) is 9.44. The fourth-order valence-corrected chi connectivity index (χ4v) is 2.05. The number of benzene rings is 1. The molecule has 1 heterocycles. The van der Waals surface area contributed by atoms with Crippen LogP contribution in [0.3, 0.4) is 0 Å². The first kappa shape index (κ1) is 14.0. The number of carbonyl (C=O) groups is 1. The van der Waals surface area contributed by atoms with E-state index >= 15 is 0 Å². The molecule has 0 saturated carbocycles. The molecule has 106 valence electrons. The molecule has 0 aliphatic rings. The van der Waals surface area contributed by atoms with Crippen molar-refractivity contribution in [2.45, 2.75) is 6.54 Å². The van der Waals surface area contributed by atoms with Crippen molar-refractivity contribution in [1.29, 1.82) is 0 Å². The summed E-state index contributed by atoms with van der Waals surface area (Å²) in [5.41, 5.74) is 0.822. The van der Waals surface area contributed by atoms with Crippen LogP contribution >= 0.6 is 0 Å². The van der Waals surface area contributed by atoms with Gasteiger partial charge in [-0.1, -0.05) is 0 Å². The molecule has 0 atom stereocenters. The van der Waals surface area contributed by atoms with Gasteiger partial charge in [-0.15, -0.1) is 0 Å². The highest BCUT2D eigenvalue weighted by molar-refractivity contribution is 7.92. The van der Waals surface area contributed by atoms with E-state index in [1.165, 1.54) is 30.6 Å². The predicted molar refractivity (Wildman–Crippen MR) is 72.5 cm³/mol. The van der Waals surface area contributed by atoms with Crippen LogP contribution in [-0.2, 0) is 16.6 Å². The Morgan fingerprint density at radius 1 is 1.30 bits per heavy atom. The van der Waals surface area contributed by atoms with Crippen LogP contribution in [-0.4, -0.2) is 35.8 Å². The van der Waals surface area contributed by atoms with Crippen molar-refractivity contribution in [2.75, 3.05) is 11.0 Å². The van der Waals surface area contributed by atoms with Crippen molar-refractivity contribution in [3.63, 3.8) is 0 Å². The average molecular weight is 295 g/mol. The largest absolute Gasteiger partial charge is 0.345 e. The van der Waals surface area contributed by atoms with Crippen molar-refractivity contribution in [2.24, 2.45) is 0 Å². The van der Waals surface area contributed by atoms with Gasteiger partial charge in [-0.3, -0.25) is 14.6 Å². The number of aromatic amines is 1. The van der Waals surface area contributed by atoms with Crippen LogP contribution in [0.1, 0.15) is 16.2 Å². The third kappa shape index (κ3) is 4.05. The summed E-state index contributed by atoms with van der Waals surface area (Å²) in [5.74, 6) is 0.265. The predicted octanol–water partition coefficient (Wildman–Crippen LogP) is 0.106. The van der Waals surface area contributed by atoms with E-state index < -0.39 is 10.0 Å². The van der Waals surface area contributed by atoms with Crippen LogP contribution in [0.2, 0.25) is 0 Å². The summed E-state index contributed by atoms with van der Waals surface area (Å²) >= 11 is 0. The molecule has 0 saturated heterocycles. The van der Waals surface area contributed by atoms with Crippen LogP contribution in [0, 0.1) is 0 Å². The maximum Gasteiger partial charge on any atom is 0.251 e. The number of hydrogen-bond acceptors (Lipinski definition) is 5. The van der Waals surface area contributed by atoms with E-state index in [0.717, 1.165) is 6.26 Å². The number of anilines is 1. The van der Waals surface area contributed by atoms with E-state index in [1.54, 1.807) is 0 Å². The molecule has 20 heavy (non-hydrogen) atoms. The Kier molecular flexibility index (Phi) is 3.99. The SMILES string of the molecule is CS(=O)(=O)Nc1ccc(C(=O)NCc2ncn[nH]2)cc1. The molecule has 2 aromatic rings. The van der Waals surface area contributed by atoms with Gasteiger partial charge in [0.2, 0.25) is 10.0 Å².